The van der Waals surface area contributed by atoms with Crippen LogP contribution in [0.5, 0.6) is 17.2 Å². The number of hydrogen-bond donors (Lipinski definition) is 0. The van der Waals surface area contributed by atoms with Gasteiger partial charge in [-0.2, -0.15) is 0 Å². The van der Waals surface area contributed by atoms with Crippen molar-refractivity contribution in [3.05, 3.63) is 53.3 Å². The number of rotatable bonds is 4. The summed E-state index contributed by atoms with van der Waals surface area (Å²) >= 11 is 0. The molecule has 2 aromatic rings. The van der Waals surface area contributed by atoms with Crippen LogP contribution in [0.3, 0.4) is 0 Å². The molecule has 21 heavy (non-hydrogen) atoms. The molecule has 3 rings (SSSR count). The first-order chi connectivity index (χ1) is 10.1. The maximum atomic E-state index is 13.2. The minimum Gasteiger partial charge on any atom is -0.488 e. The molecule has 0 radical (unpaired) electrons. The van der Waals surface area contributed by atoms with E-state index < -0.39 is 5.82 Å². The van der Waals surface area contributed by atoms with Crippen molar-refractivity contribution in [3.63, 3.8) is 0 Å². The molecule has 0 unspecified atom stereocenters. The predicted octanol–water partition coefficient (Wildman–Crippen LogP) is 3.34. The zero-order valence-electron chi connectivity index (χ0n) is 11.4. The summed E-state index contributed by atoms with van der Waals surface area (Å²) in [5.74, 6) is 1.03. The van der Waals surface area contributed by atoms with Crippen molar-refractivity contribution in [1.29, 1.82) is 0 Å². The molecule has 0 saturated carbocycles. The van der Waals surface area contributed by atoms with Crippen molar-refractivity contribution in [3.8, 4) is 17.2 Å². The van der Waals surface area contributed by atoms with Gasteiger partial charge in [0.2, 0.25) is 6.79 Å². The van der Waals surface area contributed by atoms with E-state index in [2.05, 4.69) is 0 Å². The van der Waals surface area contributed by atoms with E-state index in [1.165, 1.54) is 25.1 Å². The largest absolute Gasteiger partial charge is 0.488 e. The van der Waals surface area contributed by atoms with Crippen molar-refractivity contribution < 1.29 is 23.4 Å². The van der Waals surface area contributed by atoms with Crippen LogP contribution >= 0.6 is 0 Å². The van der Waals surface area contributed by atoms with Crippen LogP contribution in [0.15, 0.2) is 36.4 Å². The highest BCUT2D eigenvalue weighted by molar-refractivity contribution is 5.96. The number of fused-ring (bicyclic) bond motifs is 1. The average molecular weight is 288 g/mol. The number of ether oxygens (including phenoxy) is 3. The van der Waals surface area contributed by atoms with Crippen molar-refractivity contribution in [2.45, 2.75) is 13.5 Å². The fourth-order valence-electron chi connectivity index (χ4n) is 2.10. The number of hydrogen-bond acceptors (Lipinski definition) is 4. The first-order valence-corrected chi connectivity index (χ1v) is 6.45. The second kappa shape index (κ2) is 5.44. The van der Waals surface area contributed by atoms with Crippen molar-refractivity contribution in [2.24, 2.45) is 0 Å². The number of carbonyl (C=O) groups is 1. The molecule has 0 atom stereocenters. The molecule has 0 amide bonds. The molecule has 1 aliphatic heterocycles. The summed E-state index contributed by atoms with van der Waals surface area (Å²) in [6, 6.07) is 9.37. The lowest BCUT2D eigenvalue weighted by molar-refractivity contribution is 0.101. The molecule has 0 N–H and O–H groups in total. The Morgan fingerprint density at radius 2 is 2.00 bits per heavy atom. The van der Waals surface area contributed by atoms with Crippen LogP contribution < -0.4 is 14.2 Å². The second-order valence-electron chi connectivity index (χ2n) is 4.67. The summed E-state index contributed by atoms with van der Waals surface area (Å²) in [5.41, 5.74) is 1.11. The summed E-state index contributed by atoms with van der Waals surface area (Å²) in [6.45, 7) is 1.84. The molecule has 0 spiro atoms. The maximum absolute atomic E-state index is 13.2. The number of ketones is 1. The molecule has 0 aliphatic carbocycles. The Hall–Kier alpha value is -2.56. The summed E-state index contributed by atoms with van der Waals surface area (Å²) in [5, 5.41) is 0. The summed E-state index contributed by atoms with van der Waals surface area (Å²) in [6.07, 6.45) is 0. The third-order valence-electron chi connectivity index (χ3n) is 3.15. The molecule has 108 valence electrons. The first-order valence-electron chi connectivity index (χ1n) is 6.45. The van der Waals surface area contributed by atoms with Gasteiger partial charge in [-0.1, -0.05) is 6.07 Å². The molecule has 1 heterocycles. The molecule has 2 aromatic carbocycles. The van der Waals surface area contributed by atoms with Crippen LogP contribution in [0.2, 0.25) is 0 Å². The van der Waals surface area contributed by atoms with Crippen molar-refractivity contribution in [1.82, 2.24) is 0 Å². The van der Waals surface area contributed by atoms with E-state index in [0.29, 0.717) is 17.2 Å². The van der Waals surface area contributed by atoms with Crippen LogP contribution in [0.25, 0.3) is 0 Å². The van der Waals surface area contributed by atoms with Gasteiger partial charge in [-0.15, -0.1) is 0 Å². The third-order valence-corrected chi connectivity index (χ3v) is 3.15. The standard InChI is InChI=1S/C16H13FO4/c1-10(18)13-7-12(17)3-5-14(13)19-8-11-2-4-15-16(6-11)21-9-20-15/h2-7H,8-9H2,1H3. The Labute approximate surface area is 121 Å². The van der Waals surface area contributed by atoms with Crippen LogP contribution in [0, 0.1) is 5.82 Å². The monoisotopic (exact) mass is 288 g/mol. The van der Waals surface area contributed by atoms with Gasteiger partial charge in [0.25, 0.3) is 0 Å². The number of Topliss-reactive ketones (excluding diaryl/α,β-unsaturated/α-hetero) is 1. The van der Waals surface area contributed by atoms with Gasteiger partial charge in [0.05, 0.1) is 5.56 Å². The number of benzene rings is 2. The van der Waals surface area contributed by atoms with Gasteiger partial charge in [-0.05, 0) is 42.8 Å². The fourth-order valence-corrected chi connectivity index (χ4v) is 2.10. The smallest absolute Gasteiger partial charge is 0.231 e. The second-order valence-corrected chi connectivity index (χ2v) is 4.67. The normalized spacial score (nSPS) is 12.3. The van der Waals surface area contributed by atoms with E-state index in [-0.39, 0.29) is 24.7 Å². The van der Waals surface area contributed by atoms with E-state index in [9.17, 15) is 9.18 Å². The molecular weight excluding hydrogens is 275 g/mol. The lowest BCUT2D eigenvalue weighted by Gasteiger charge is -2.10. The number of halogens is 1. The molecule has 0 bridgehead atoms. The van der Waals surface area contributed by atoms with Crippen LogP contribution in [-0.2, 0) is 6.61 Å². The van der Waals surface area contributed by atoms with E-state index in [4.69, 9.17) is 14.2 Å². The molecule has 1 aliphatic rings. The first kappa shape index (κ1) is 13.4. The van der Waals surface area contributed by atoms with Gasteiger partial charge in [0.15, 0.2) is 17.3 Å². The van der Waals surface area contributed by atoms with Gasteiger partial charge in [-0.25, -0.2) is 4.39 Å². The Morgan fingerprint density at radius 1 is 1.19 bits per heavy atom. The van der Waals surface area contributed by atoms with Gasteiger partial charge in [-0.3, -0.25) is 4.79 Å². The highest BCUT2D eigenvalue weighted by Gasteiger charge is 2.14. The van der Waals surface area contributed by atoms with E-state index >= 15 is 0 Å². The zero-order valence-corrected chi connectivity index (χ0v) is 11.4. The third kappa shape index (κ3) is 2.81. The van der Waals surface area contributed by atoms with Crippen LogP contribution in [0.4, 0.5) is 4.39 Å². The van der Waals surface area contributed by atoms with Gasteiger partial charge in [0, 0.05) is 0 Å². The topological polar surface area (TPSA) is 44.8 Å². The fraction of sp³-hybridized carbons (Fsp3) is 0.188. The summed E-state index contributed by atoms with van der Waals surface area (Å²) < 4.78 is 29.3. The maximum Gasteiger partial charge on any atom is 0.231 e. The lowest BCUT2D eigenvalue weighted by atomic mass is 10.1. The SMILES string of the molecule is CC(=O)c1cc(F)ccc1OCc1ccc2c(c1)OCO2. The van der Waals surface area contributed by atoms with Gasteiger partial charge < -0.3 is 14.2 Å². The Balaban J connectivity index is 1.77. The Kier molecular flexibility index (Phi) is 3.48. The van der Waals surface area contributed by atoms with Crippen molar-refractivity contribution >= 4 is 5.78 Å². The van der Waals surface area contributed by atoms with Gasteiger partial charge >= 0.3 is 0 Å². The summed E-state index contributed by atoms with van der Waals surface area (Å²) in [4.78, 5) is 11.5. The van der Waals surface area contributed by atoms with Crippen molar-refractivity contribution in [2.75, 3.05) is 6.79 Å². The van der Waals surface area contributed by atoms with E-state index in [0.717, 1.165) is 5.56 Å². The Morgan fingerprint density at radius 3 is 2.81 bits per heavy atom. The van der Waals surface area contributed by atoms with Gasteiger partial charge in [0.1, 0.15) is 18.2 Å². The molecule has 5 heteroatoms. The lowest BCUT2D eigenvalue weighted by Crippen LogP contribution is -2.02. The predicted molar refractivity (Wildman–Crippen MR) is 73.3 cm³/mol. The average Bonchev–Trinajstić information content (AvgIpc) is 2.93. The molecular formula is C16H13FO4. The van der Waals surface area contributed by atoms with E-state index in [1.807, 2.05) is 12.1 Å². The molecule has 4 nitrogen and oxygen atoms in total. The molecule has 0 aromatic heterocycles. The summed E-state index contributed by atoms with van der Waals surface area (Å²) in [7, 11) is 0. The van der Waals surface area contributed by atoms with E-state index in [1.54, 1.807) is 6.07 Å². The minimum absolute atomic E-state index is 0.214. The van der Waals surface area contributed by atoms with Crippen LogP contribution in [0.1, 0.15) is 22.8 Å². The molecule has 0 fully saturated rings. The highest BCUT2D eigenvalue weighted by atomic mass is 19.1. The Bertz CT molecular complexity index is 697. The number of carbonyl (C=O) groups excluding carboxylic acids is 1. The minimum atomic E-state index is -0.462. The highest BCUT2D eigenvalue weighted by Crippen LogP contribution is 2.33. The molecule has 0 saturated heterocycles. The van der Waals surface area contributed by atoms with Crippen LogP contribution in [-0.4, -0.2) is 12.6 Å². The zero-order chi connectivity index (χ0) is 14.8. The quantitative estimate of drug-likeness (QED) is 0.809.